The average molecular weight is 297 g/mol. The van der Waals surface area contributed by atoms with E-state index in [-0.39, 0.29) is 23.2 Å². The first-order valence-corrected chi connectivity index (χ1v) is 5.55. The molecular weight excluding hydrogens is 288 g/mol. The van der Waals surface area contributed by atoms with Gasteiger partial charge in [-0.1, -0.05) is 12.1 Å². The van der Waals surface area contributed by atoms with Crippen LogP contribution >= 0.6 is 0 Å². The molecule has 0 aliphatic rings. The second-order valence-corrected chi connectivity index (χ2v) is 3.72. The van der Waals surface area contributed by atoms with E-state index in [1.807, 2.05) is 0 Å². The summed E-state index contributed by atoms with van der Waals surface area (Å²) < 4.78 is 28.9. The van der Waals surface area contributed by atoms with Crippen LogP contribution in [0.2, 0.25) is 0 Å². The molecule has 110 valence electrons. The van der Waals surface area contributed by atoms with E-state index in [0.717, 1.165) is 6.20 Å². The Morgan fingerprint density at radius 2 is 2.10 bits per heavy atom. The lowest BCUT2D eigenvalue weighted by molar-refractivity contribution is -0.384. The SMILES string of the molecule is Nc1ncc([N+](=O)[O-])c(Nc2ccccc2OC(F)F)n1. The molecule has 0 bridgehead atoms. The molecule has 10 heteroatoms. The molecule has 0 atom stereocenters. The van der Waals surface area contributed by atoms with E-state index in [2.05, 4.69) is 20.0 Å². The van der Waals surface area contributed by atoms with Gasteiger partial charge in [0.1, 0.15) is 11.9 Å². The van der Waals surface area contributed by atoms with Crippen LogP contribution < -0.4 is 15.8 Å². The number of halogens is 2. The lowest BCUT2D eigenvalue weighted by atomic mass is 10.3. The normalized spacial score (nSPS) is 10.4. The van der Waals surface area contributed by atoms with Gasteiger partial charge in [0.2, 0.25) is 11.8 Å². The monoisotopic (exact) mass is 297 g/mol. The van der Waals surface area contributed by atoms with Crippen molar-refractivity contribution in [1.82, 2.24) is 9.97 Å². The fraction of sp³-hybridized carbons (Fsp3) is 0.0909. The Morgan fingerprint density at radius 3 is 2.76 bits per heavy atom. The highest BCUT2D eigenvalue weighted by molar-refractivity contribution is 5.70. The standard InChI is InChI=1S/C11H9F2N5O3/c12-10(13)21-8-4-2-1-3-6(8)16-9-7(18(19)20)5-15-11(14)17-9/h1-5,10H,(H3,14,15,16,17). The van der Waals surface area contributed by atoms with Crippen LogP contribution in [-0.4, -0.2) is 21.5 Å². The average Bonchev–Trinajstić information content (AvgIpc) is 2.40. The summed E-state index contributed by atoms with van der Waals surface area (Å²) in [5.74, 6) is -0.604. The van der Waals surface area contributed by atoms with Crippen molar-refractivity contribution >= 4 is 23.1 Å². The second-order valence-electron chi connectivity index (χ2n) is 3.72. The highest BCUT2D eigenvalue weighted by Crippen LogP contribution is 2.31. The minimum Gasteiger partial charge on any atom is -0.433 e. The lowest BCUT2D eigenvalue weighted by Gasteiger charge is -2.12. The Hall–Kier alpha value is -3.04. The fourth-order valence-electron chi connectivity index (χ4n) is 1.51. The summed E-state index contributed by atoms with van der Waals surface area (Å²) in [6.07, 6.45) is 0.918. The van der Waals surface area contributed by atoms with Crippen LogP contribution in [0, 0.1) is 10.1 Å². The number of nitrogen functional groups attached to an aromatic ring is 1. The molecule has 0 fully saturated rings. The summed E-state index contributed by atoms with van der Waals surface area (Å²) in [6.45, 7) is -3.03. The number of rotatable bonds is 5. The fourth-order valence-corrected chi connectivity index (χ4v) is 1.51. The van der Waals surface area contributed by atoms with Crippen molar-refractivity contribution in [1.29, 1.82) is 0 Å². The molecule has 0 aliphatic carbocycles. The Labute approximate surface area is 116 Å². The second kappa shape index (κ2) is 5.94. The first kappa shape index (κ1) is 14.4. The number of nitro groups is 1. The van der Waals surface area contributed by atoms with Crippen molar-refractivity contribution in [3.05, 3.63) is 40.6 Å². The zero-order valence-corrected chi connectivity index (χ0v) is 10.4. The Balaban J connectivity index is 2.38. The van der Waals surface area contributed by atoms with Crippen molar-refractivity contribution in [3.63, 3.8) is 0 Å². The molecule has 0 radical (unpaired) electrons. The van der Waals surface area contributed by atoms with Crippen molar-refractivity contribution < 1.29 is 18.4 Å². The molecule has 0 spiro atoms. The highest BCUT2D eigenvalue weighted by Gasteiger charge is 2.18. The van der Waals surface area contributed by atoms with Crippen LogP contribution in [0.5, 0.6) is 5.75 Å². The highest BCUT2D eigenvalue weighted by atomic mass is 19.3. The number of aromatic nitrogens is 2. The van der Waals surface area contributed by atoms with Gasteiger partial charge in [-0.25, -0.2) is 4.98 Å². The number of alkyl halides is 2. The number of hydrogen-bond acceptors (Lipinski definition) is 7. The van der Waals surface area contributed by atoms with E-state index in [1.165, 1.54) is 24.3 Å². The molecule has 0 aliphatic heterocycles. The Morgan fingerprint density at radius 1 is 1.38 bits per heavy atom. The minimum atomic E-state index is -3.03. The van der Waals surface area contributed by atoms with Crippen molar-refractivity contribution in [3.8, 4) is 5.75 Å². The van der Waals surface area contributed by atoms with Crippen LogP contribution in [0.4, 0.5) is 31.9 Å². The molecule has 2 rings (SSSR count). The van der Waals surface area contributed by atoms with E-state index in [4.69, 9.17) is 5.73 Å². The number of nitrogens with zero attached hydrogens (tertiary/aromatic N) is 3. The zero-order chi connectivity index (χ0) is 15.4. The van der Waals surface area contributed by atoms with Crippen LogP contribution in [0.1, 0.15) is 0 Å². The number of nitrogens with one attached hydrogen (secondary N) is 1. The van der Waals surface area contributed by atoms with Gasteiger partial charge in [-0.15, -0.1) is 0 Å². The summed E-state index contributed by atoms with van der Waals surface area (Å²) in [7, 11) is 0. The Kier molecular flexibility index (Phi) is 4.07. The number of hydrogen-bond donors (Lipinski definition) is 2. The summed E-state index contributed by atoms with van der Waals surface area (Å²) in [5, 5.41) is 13.4. The van der Waals surface area contributed by atoms with Gasteiger partial charge in [0, 0.05) is 0 Å². The van der Waals surface area contributed by atoms with Gasteiger partial charge in [0.15, 0.2) is 0 Å². The molecule has 1 heterocycles. The molecule has 3 N–H and O–H groups in total. The third-order valence-electron chi connectivity index (χ3n) is 2.34. The molecule has 0 unspecified atom stereocenters. The topological polar surface area (TPSA) is 116 Å². The third-order valence-corrected chi connectivity index (χ3v) is 2.34. The van der Waals surface area contributed by atoms with Crippen LogP contribution in [0.15, 0.2) is 30.5 Å². The van der Waals surface area contributed by atoms with E-state index in [9.17, 15) is 18.9 Å². The van der Waals surface area contributed by atoms with Crippen molar-refractivity contribution in [2.45, 2.75) is 6.61 Å². The van der Waals surface area contributed by atoms with Gasteiger partial charge in [-0.05, 0) is 12.1 Å². The van der Waals surface area contributed by atoms with Gasteiger partial charge < -0.3 is 15.8 Å². The first-order chi connectivity index (χ1) is 9.97. The summed E-state index contributed by atoms with van der Waals surface area (Å²) in [6, 6.07) is 5.70. The predicted octanol–water partition coefficient (Wildman–Crippen LogP) is 2.31. The molecule has 0 amide bonds. The number of anilines is 3. The number of benzene rings is 1. The largest absolute Gasteiger partial charge is 0.433 e. The van der Waals surface area contributed by atoms with E-state index in [0.29, 0.717) is 0 Å². The van der Waals surface area contributed by atoms with Gasteiger partial charge in [0.05, 0.1) is 10.6 Å². The Bertz CT molecular complexity index is 668. The van der Waals surface area contributed by atoms with Gasteiger partial charge in [0.25, 0.3) is 0 Å². The molecule has 2 aromatic rings. The van der Waals surface area contributed by atoms with E-state index >= 15 is 0 Å². The van der Waals surface area contributed by atoms with Crippen molar-refractivity contribution in [2.75, 3.05) is 11.1 Å². The minimum absolute atomic E-state index is 0.0824. The summed E-state index contributed by atoms with van der Waals surface area (Å²) in [4.78, 5) is 17.3. The smallest absolute Gasteiger partial charge is 0.387 e. The maximum Gasteiger partial charge on any atom is 0.387 e. The van der Waals surface area contributed by atoms with Crippen LogP contribution in [0.3, 0.4) is 0 Å². The molecule has 0 saturated carbocycles. The summed E-state index contributed by atoms with van der Waals surface area (Å²) in [5.41, 5.74) is 5.00. The number of ether oxygens (including phenoxy) is 1. The zero-order valence-electron chi connectivity index (χ0n) is 10.4. The van der Waals surface area contributed by atoms with Gasteiger partial charge >= 0.3 is 12.3 Å². The molecule has 1 aromatic carbocycles. The molecule has 21 heavy (non-hydrogen) atoms. The van der Waals surface area contributed by atoms with Crippen LogP contribution in [0.25, 0.3) is 0 Å². The van der Waals surface area contributed by atoms with Crippen molar-refractivity contribution in [2.24, 2.45) is 0 Å². The van der Waals surface area contributed by atoms with E-state index in [1.54, 1.807) is 0 Å². The van der Waals surface area contributed by atoms with Gasteiger partial charge in [-0.3, -0.25) is 10.1 Å². The number of para-hydroxylation sites is 2. The quantitative estimate of drug-likeness (QED) is 0.642. The number of nitrogens with two attached hydrogens (primary N) is 1. The molecular formula is C11H9F2N5O3. The maximum atomic E-state index is 12.3. The van der Waals surface area contributed by atoms with E-state index < -0.39 is 17.2 Å². The summed E-state index contributed by atoms with van der Waals surface area (Å²) >= 11 is 0. The molecule has 8 nitrogen and oxygen atoms in total. The predicted molar refractivity (Wildman–Crippen MR) is 69.5 cm³/mol. The molecule has 0 saturated heterocycles. The maximum absolute atomic E-state index is 12.3. The first-order valence-electron chi connectivity index (χ1n) is 5.55. The molecule has 1 aromatic heterocycles. The van der Waals surface area contributed by atoms with Gasteiger partial charge in [-0.2, -0.15) is 13.8 Å². The lowest BCUT2D eigenvalue weighted by Crippen LogP contribution is -2.07. The third kappa shape index (κ3) is 3.49. The van der Waals surface area contributed by atoms with Crippen LogP contribution in [-0.2, 0) is 0 Å².